The summed E-state index contributed by atoms with van der Waals surface area (Å²) in [5.41, 5.74) is 2.43. The van der Waals surface area contributed by atoms with Gasteiger partial charge < -0.3 is 9.64 Å². The zero-order valence-electron chi connectivity index (χ0n) is 19.3. The molecule has 2 aliphatic heterocycles. The molecule has 5 nitrogen and oxygen atoms in total. The van der Waals surface area contributed by atoms with Crippen LogP contribution in [-0.4, -0.2) is 47.9 Å². The van der Waals surface area contributed by atoms with Crippen molar-refractivity contribution in [3.63, 3.8) is 0 Å². The summed E-state index contributed by atoms with van der Waals surface area (Å²) in [6.45, 7) is 4.85. The number of benzene rings is 2. The first-order chi connectivity index (χ1) is 16.0. The SMILES string of the molecule is CCOC(=O)[C@@H]1CCCN(C(=O)[C@H]2CC[C@H](c3ccccc3)N(Cc3cccc(Cl)c3)C2)C1. The van der Waals surface area contributed by atoms with Gasteiger partial charge in [0.2, 0.25) is 5.91 Å². The number of nitrogens with zero attached hydrogens (tertiary/aromatic N) is 2. The molecule has 0 N–H and O–H groups in total. The average Bonchev–Trinajstić information content (AvgIpc) is 2.84. The van der Waals surface area contributed by atoms with E-state index in [2.05, 4.69) is 35.2 Å². The summed E-state index contributed by atoms with van der Waals surface area (Å²) in [6, 6.07) is 18.8. The topological polar surface area (TPSA) is 49.9 Å². The first-order valence-electron chi connectivity index (χ1n) is 12.0. The van der Waals surface area contributed by atoms with E-state index in [1.165, 1.54) is 5.56 Å². The van der Waals surface area contributed by atoms with E-state index >= 15 is 0 Å². The maximum absolute atomic E-state index is 13.5. The number of hydrogen-bond donors (Lipinski definition) is 0. The Morgan fingerprint density at radius 2 is 1.82 bits per heavy atom. The predicted molar refractivity (Wildman–Crippen MR) is 130 cm³/mol. The first-order valence-corrected chi connectivity index (χ1v) is 12.4. The second kappa shape index (κ2) is 11.2. The number of hydrogen-bond acceptors (Lipinski definition) is 4. The fourth-order valence-electron chi connectivity index (χ4n) is 5.23. The lowest BCUT2D eigenvalue weighted by Crippen LogP contribution is -2.49. The van der Waals surface area contributed by atoms with E-state index in [4.69, 9.17) is 16.3 Å². The van der Waals surface area contributed by atoms with Crippen molar-refractivity contribution in [2.24, 2.45) is 11.8 Å². The molecule has 0 saturated carbocycles. The van der Waals surface area contributed by atoms with Crippen LogP contribution in [0.15, 0.2) is 54.6 Å². The summed E-state index contributed by atoms with van der Waals surface area (Å²) in [7, 11) is 0. The Morgan fingerprint density at radius 3 is 2.58 bits per heavy atom. The summed E-state index contributed by atoms with van der Waals surface area (Å²) >= 11 is 6.24. The Balaban J connectivity index is 1.48. The van der Waals surface area contributed by atoms with E-state index < -0.39 is 0 Å². The minimum atomic E-state index is -0.203. The summed E-state index contributed by atoms with van der Waals surface area (Å²) in [4.78, 5) is 30.1. The number of amides is 1. The van der Waals surface area contributed by atoms with Gasteiger partial charge in [0.05, 0.1) is 18.4 Å². The molecule has 2 fully saturated rings. The smallest absolute Gasteiger partial charge is 0.310 e. The van der Waals surface area contributed by atoms with E-state index in [0.717, 1.165) is 49.4 Å². The fraction of sp³-hybridized carbons (Fsp3) is 0.481. The molecular formula is C27H33ClN2O3. The Kier molecular flexibility index (Phi) is 8.05. The maximum Gasteiger partial charge on any atom is 0.310 e. The molecule has 0 radical (unpaired) electrons. The molecule has 2 saturated heterocycles. The van der Waals surface area contributed by atoms with Crippen molar-refractivity contribution in [1.82, 2.24) is 9.80 Å². The van der Waals surface area contributed by atoms with Gasteiger partial charge in [0.25, 0.3) is 0 Å². The third-order valence-electron chi connectivity index (χ3n) is 6.85. The van der Waals surface area contributed by atoms with Crippen LogP contribution in [0.25, 0.3) is 0 Å². The van der Waals surface area contributed by atoms with Crippen molar-refractivity contribution < 1.29 is 14.3 Å². The summed E-state index contributed by atoms with van der Waals surface area (Å²) < 4.78 is 5.22. The van der Waals surface area contributed by atoms with Crippen molar-refractivity contribution in [2.75, 3.05) is 26.2 Å². The minimum Gasteiger partial charge on any atom is -0.466 e. The number of rotatable bonds is 6. The standard InChI is InChI=1S/C27H33ClN2O3/c1-2-33-27(32)23-11-7-15-29(19-23)26(31)22-13-14-25(21-9-4-3-5-10-21)30(18-22)17-20-8-6-12-24(28)16-20/h3-6,8-10,12,16,22-23,25H,2,7,11,13-15,17-19H2,1H3/t22-,23+,25+/m0/s1. The van der Waals surface area contributed by atoms with Gasteiger partial charge in [-0.25, -0.2) is 0 Å². The van der Waals surface area contributed by atoms with E-state index in [9.17, 15) is 9.59 Å². The third-order valence-corrected chi connectivity index (χ3v) is 7.08. The molecule has 3 atom stereocenters. The third kappa shape index (κ3) is 5.96. The summed E-state index contributed by atoms with van der Waals surface area (Å²) in [5.74, 6) is -0.270. The minimum absolute atomic E-state index is 0.0647. The zero-order chi connectivity index (χ0) is 23.2. The van der Waals surface area contributed by atoms with E-state index in [0.29, 0.717) is 19.7 Å². The van der Waals surface area contributed by atoms with Crippen LogP contribution in [0.4, 0.5) is 0 Å². The Morgan fingerprint density at radius 1 is 1.00 bits per heavy atom. The Hall–Kier alpha value is -2.37. The van der Waals surface area contributed by atoms with Gasteiger partial charge in [-0.2, -0.15) is 0 Å². The van der Waals surface area contributed by atoms with Gasteiger partial charge in [-0.1, -0.05) is 54.1 Å². The van der Waals surface area contributed by atoms with Crippen LogP contribution in [0.1, 0.15) is 49.8 Å². The quantitative estimate of drug-likeness (QED) is 0.554. The van der Waals surface area contributed by atoms with E-state index in [1.54, 1.807) is 0 Å². The monoisotopic (exact) mass is 468 g/mol. The van der Waals surface area contributed by atoms with E-state index in [-0.39, 0.29) is 29.8 Å². The molecule has 33 heavy (non-hydrogen) atoms. The number of carbonyl (C=O) groups is 2. The second-order valence-electron chi connectivity index (χ2n) is 9.14. The molecular weight excluding hydrogens is 436 g/mol. The molecule has 2 aromatic rings. The highest BCUT2D eigenvalue weighted by Gasteiger charge is 2.37. The number of piperidine rings is 2. The normalized spacial score (nSPS) is 23.8. The number of likely N-dealkylation sites (tertiary alicyclic amines) is 2. The van der Waals surface area contributed by atoms with Crippen LogP contribution in [0.2, 0.25) is 5.02 Å². The van der Waals surface area contributed by atoms with Crippen LogP contribution in [0.3, 0.4) is 0 Å². The molecule has 0 bridgehead atoms. The van der Waals surface area contributed by atoms with Crippen molar-refractivity contribution in [1.29, 1.82) is 0 Å². The summed E-state index contributed by atoms with van der Waals surface area (Å²) in [5, 5.41) is 0.728. The van der Waals surface area contributed by atoms with Gasteiger partial charge in [-0.15, -0.1) is 0 Å². The molecule has 4 rings (SSSR count). The van der Waals surface area contributed by atoms with Crippen molar-refractivity contribution in [3.05, 3.63) is 70.7 Å². The molecule has 2 aromatic carbocycles. The van der Waals surface area contributed by atoms with Crippen LogP contribution in [0.5, 0.6) is 0 Å². The Bertz CT molecular complexity index is 951. The lowest BCUT2D eigenvalue weighted by molar-refractivity contribution is -0.152. The molecule has 6 heteroatoms. The molecule has 0 aromatic heterocycles. The van der Waals surface area contributed by atoms with Crippen molar-refractivity contribution in [2.45, 2.75) is 45.2 Å². The lowest BCUT2D eigenvalue weighted by atomic mass is 9.87. The second-order valence-corrected chi connectivity index (χ2v) is 9.57. The molecule has 0 unspecified atom stereocenters. The van der Waals surface area contributed by atoms with Gasteiger partial charge in [-0.05, 0) is 55.9 Å². The van der Waals surface area contributed by atoms with Gasteiger partial charge in [-0.3, -0.25) is 14.5 Å². The van der Waals surface area contributed by atoms with Gasteiger partial charge in [0.15, 0.2) is 0 Å². The lowest BCUT2D eigenvalue weighted by Gasteiger charge is -2.42. The predicted octanol–water partition coefficient (Wildman–Crippen LogP) is 5.10. The summed E-state index contributed by atoms with van der Waals surface area (Å²) in [6.07, 6.45) is 3.42. The highest BCUT2D eigenvalue weighted by Crippen LogP contribution is 2.36. The molecule has 176 valence electrons. The van der Waals surface area contributed by atoms with Crippen molar-refractivity contribution in [3.8, 4) is 0 Å². The zero-order valence-corrected chi connectivity index (χ0v) is 20.0. The highest BCUT2D eigenvalue weighted by atomic mass is 35.5. The Labute approximate surface area is 201 Å². The first kappa shape index (κ1) is 23.8. The fourth-order valence-corrected chi connectivity index (χ4v) is 5.44. The molecule has 1 amide bonds. The largest absolute Gasteiger partial charge is 0.466 e. The molecule has 2 aliphatic rings. The van der Waals surface area contributed by atoms with Crippen LogP contribution in [-0.2, 0) is 20.9 Å². The number of esters is 1. The van der Waals surface area contributed by atoms with Gasteiger partial charge >= 0.3 is 5.97 Å². The molecule has 0 aliphatic carbocycles. The molecule has 0 spiro atoms. The number of ether oxygens (including phenoxy) is 1. The number of carbonyl (C=O) groups excluding carboxylic acids is 2. The molecule has 2 heterocycles. The van der Waals surface area contributed by atoms with Gasteiger partial charge in [0, 0.05) is 37.2 Å². The average molecular weight is 469 g/mol. The van der Waals surface area contributed by atoms with Crippen LogP contribution >= 0.6 is 11.6 Å². The number of halogens is 1. The van der Waals surface area contributed by atoms with Crippen LogP contribution in [0, 0.1) is 11.8 Å². The van der Waals surface area contributed by atoms with Gasteiger partial charge in [0.1, 0.15) is 0 Å². The highest BCUT2D eigenvalue weighted by molar-refractivity contribution is 6.30. The van der Waals surface area contributed by atoms with Crippen LogP contribution < -0.4 is 0 Å². The maximum atomic E-state index is 13.5. The van der Waals surface area contributed by atoms with Crippen molar-refractivity contribution >= 4 is 23.5 Å². The van der Waals surface area contributed by atoms with E-state index in [1.807, 2.05) is 36.1 Å².